The van der Waals surface area contributed by atoms with Crippen LogP contribution in [0.2, 0.25) is 0 Å². The lowest BCUT2D eigenvalue weighted by atomic mass is 10.1. The number of methoxy groups -OCH3 is 1. The molecule has 0 aliphatic heterocycles. The maximum absolute atomic E-state index is 13.4. The van der Waals surface area contributed by atoms with Crippen molar-refractivity contribution in [2.75, 3.05) is 18.7 Å². The first-order chi connectivity index (χ1) is 9.63. The fourth-order valence-electron chi connectivity index (χ4n) is 1.99. The standard InChI is InChI=1S/C16H18FNOS/c1-11(12-7-8-15(17)16(9-12)19-2)18-13-5-4-6-14(10-13)20-3/h4-11,18H,1-3H3. The number of ether oxygens (including phenoxy) is 1. The molecule has 106 valence electrons. The normalized spacial score (nSPS) is 12.0. The molecule has 2 nitrogen and oxygen atoms in total. The van der Waals surface area contributed by atoms with E-state index in [9.17, 15) is 4.39 Å². The lowest BCUT2D eigenvalue weighted by Crippen LogP contribution is -2.07. The molecule has 0 saturated carbocycles. The van der Waals surface area contributed by atoms with Gasteiger partial charge in [0.05, 0.1) is 7.11 Å². The number of hydrogen-bond donors (Lipinski definition) is 1. The van der Waals surface area contributed by atoms with Gasteiger partial charge in [-0.2, -0.15) is 0 Å². The van der Waals surface area contributed by atoms with E-state index in [1.807, 2.05) is 25.3 Å². The Kier molecular flexibility index (Phi) is 4.90. The zero-order chi connectivity index (χ0) is 14.5. The van der Waals surface area contributed by atoms with E-state index in [0.717, 1.165) is 11.3 Å². The van der Waals surface area contributed by atoms with Crippen molar-refractivity contribution >= 4 is 17.4 Å². The van der Waals surface area contributed by atoms with Crippen LogP contribution in [0.5, 0.6) is 5.75 Å². The SMILES string of the molecule is COc1cc(C(C)Nc2cccc(SC)c2)ccc1F. The lowest BCUT2D eigenvalue weighted by Gasteiger charge is -2.17. The number of rotatable bonds is 5. The summed E-state index contributed by atoms with van der Waals surface area (Å²) in [5.74, 6) is -0.0677. The van der Waals surface area contributed by atoms with E-state index in [0.29, 0.717) is 0 Å². The second-order valence-electron chi connectivity index (χ2n) is 4.49. The number of hydrogen-bond acceptors (Lipinski definition) is 3. The molecular weight excluding hydrogens is 273 g/mol. The van der Waals surface area contributed by atoms with Crippen molar-refractivity contribution in [1.29, 1.82) is 0 Å². The molecule has 1 N–H and O–H groups in total. The summed E-state index contributed by atoms with van der Waals surface area (Å²) in [6.45, 7) is 2.04. The minimum Gasteiger partial charge on any atom is -0.494 e. The first-order valence-corrected chi connectivity index (χ1v) is 7.60. The highest BCUT2D eigenvalue weighted by molar-refractivity contribution is 7.98. The Balaban J connectivity index is 2.16. The van der Waals surface area contributed by atoms with E-state index in [-0.39, 0.29) is 17.6 Å². The lowest BCUT2D eigenvalue weighted by molar-refractivity contribution is 0.385. The van der Waals surface area contributed by atoms with Crippen molar-refractivity contribution in [2.45, 2.75) is 17.9 Å². The molecule has 2 aromatic carbocycles. The molecule has 2 rings (SSSR count). The number of thioether (sulfide) groups is 1. The summed E-state index contributed by atoms with van der Waals surface area (Å²) >= 11 is 1.70. The van der Waals surface area contributed by atoms with Crippen molar-refractivity contribution in [1.82, 2.24) is 0 Å². The quantitative estimate of drug-likeness (QED) is 0.805. The maximum atomic E-state index is 13.4. The molecule has 2 aromatic rings. The Morgan fingerprint density at radius 2 is 2.00 bits per heavy atom. The summed E-state index contributed by atoms with van der Waals surface area (Å²) < 4.78 is 18.4. The number of anilines is 1. The van der Waals surface area contributed by atoms with Crippen LogP contribution in [0.3, 0.4) is 0 Å². The van der Waals surface area contributed by atoms with Crippen LogP contribution in [0.25, 0.3) is 0 Å². The third kappa shape index (κ3) is 3.45. The number of benzene rings is 2. The van der Waals surface area contributed by atoms with Gasteiger partial charge >= 0.3 is 0 Å². The second-order valence-corrected chi connectivity index (χ2v) is 5.37. The van der Waals surface area contributed by atoms with E-state index in [2.05, 4.69) is 17.4 Å². The van der Waals surface area contributed by atoms with Crippen molar-refractivity contribution in [3.63, 3.8) is 0 Å². The largest absolute Gasteiger partial charge is 0.494 e. The van der Waals surface area contributed by atoms with Gasteiger partial charge in [0.1, 0.15) is 0 Å². The summed E-state index contributed by atoms with van der Waals surface area (Å²) in [6, 6.07) is 13.2. The Bertz CT molecular complexity index is 588. The Labute approximate surface area is 123 Å². The van der Waals surface area contributed by atoms with Crippen LogP contribution < -0.4 is 10.1 Å². The predicted molar refractivity (Wildman–Crippen MR) is 83.2 cm³/mol. The topological polar surface area (TPSA) is 21.3 Å². The summed E-state index contributed by atoms with van der Waals surface area (Å²) in [4.78, 5) is 1.21. The molecule has 0 spiro atoms. The molecule has 20 heavy (non-hydrogen) atoms. The first-order valence-electron chi connectivity index (χ1n) is 6.38. The molecule has 0 bridgehead atoms. The smallest absolute Gasteiger partial charge is 0.165 e. The molecule has 0 heterocycles. The van der Waals surface area contributed by atoms with Crippen molar-refractivity contribution < 1.29 is 9.13 Å². The van der Waals surface area contributed by atoms with E-state index in [1.165, 1.54) is 18.1 Å². The third-order valence-corrected chi connectivity index (χ3v) is 3.85. The van der Waals surface area contributed by atoms with Crippen molar-refractivity contribution in [2.24, 2.45) is 0 Å². The van der Waals surface area contributed by atoms with E-state index < -0.39 is 0 Å². The van der Waals surface area contributed by atoms with E-state index in [1.54, 1.807) is 23.9 Å². The monoisotopic (exact) mass is 291 g/mol. The van der Waals surface area contributed by atoms with Crippen LogP contribution in [-0.4, -0.2) is 13.4 Å². The molecule has 0 saturated heterocycles. The van der Waals surface area contributed by atoms with E-state index >= 15 is 0 Å². The zero-order valence-corrected chi connectivity index (χ0v) is 12.6. The van der Waals surface area contributed by atoms with Crippen LogP contribution in [0.4, 0.5) is 10.1 Å². The molecular formula is C16H18FNOS. The molecule has 0 aromatic heterocycles. The van der Waals surface area contributed by atoms with Crippen LogP contribution in [0.1, 0.15) is 18.5 Å². The summed E-state index contributed by atoms with van der Waals surface area (Å²) in [6.07, 6.45) is 2.05. The van der Waals surface area contributed by atoms with Gasteiger partial charge in [-0.1, -0.05) is 12.1 Å². The molecule has 1 atom stereocenters. The average Bonchev–Trinajstić information content (AvgIpc) is 2.47. The highest BCUT2D eigenvalue weighted by Crippen LogP contribution is 2.26. The highest BCUT2D eigenvalue weighted by atomic mass is 32.2. The fourth-order valence-corrected chi connectivity index (χ4v) is 2.45. The van der Waals surface area contributed by atoms with Crippen LogP contribution in [-0.2, 0) is 0 Å². The van der Waals surface area contributed by atoms with Gasteiger partial charge in [-0.25, -0.2) is 4.39 Å². The molecule has 0 radical (unpaired) electrons. The minimum absolute atomic E-state index is 0.0709. The summed E-state index contributed by atoms with van der Waals surface area (Å²) in [7, 11) is 1.47. The Hall–Kier alpha value is -1.68. The van der Waals surface area contributed by atoms with Gasteiger partial charge in [-0.05, 0) is 49.1 Å². The Morgan fingerprint density at radius 1 is 1.20 bits per heavy atom. The molecule has 1 unspecified atom stereocenters. The molecule has 0 aliphatic rings. The summed E-state index contributed by atoms with van der Waals surface area (Å²) in [5, 5.41) is 3.41. The van der Waals surface area contributed by atoms with Crippen LogP contribution in [0.15, 0.2) is 47.4 Å². The van der Waals surface area contributed by atoms with Gasteiger partial charge in [-0.3, -0.25) is 0 Å². The fraction of sp³-hybridized carbons (Fsp3) is 0.250. The second kappa shape index (κ2) is 6.66. The van der Waals surface area contributed by atoms with E-state index in [4.69, 9.17) is 4.74 Å². The van der Waals surface area contributed by atoms with Gasteiger partial charge in [0.2, 0.25) is 0 Å². The molecule has 0 aliphatic carbocycles. The van der Waals surface area contributed by atoms with Crippen molar-refractivity contribution in [3.05, 3.63) is 53.8 Å². The van der Waals surface area contributed by atoms with Gasteiger partial charge < -0.3 is 10.1 Å². The highest BCUT2D eigenvalue weighted by Gasteiger charge is 2.09. The van der Waals surface area contributed by atoms with Gasteiger partial charge in [0.15, 0.2) is 11.6 Å². The maximum Gasteiger partial charge on any atom is 0.165 e. The number of halogens is 1. The summed E-state index contributed by atoms with van der Waals surface area (Å²) in [5.41, 5.74) is 2.03. The number of nitrogens with one attached hydrogen (secondary N) is 1. The molecule has 4 heteroatoms. The van der Waals surface area contributed by atoms with Crippen LogP contribution in [0, 0.1) is 5.82 Å². The average molecular weight is 291 g/mol. The van der Waals surface area contributed by atoms with Gasteiger partial charge in [-0.15, -0.1) is 11.8 Å². The molecule has 0 fully saturated rings. The van der Waals surface area contributed by atoms with Gasteiger partial charge in [0.25, 0.3) is 0 Å². The first kappa shape index (κ1) is 14.7. The molecule has 0 amide bonds. The minimum atomic E-state index is -0.340. The Morgan fingerprint density at radius 3 is 2.70 bits per heavy atom. The third-order valence-electron chi connectivity index (χ3n) is 3.13. The predicted octanol–water partition coefficient (Wildman–Crippen LogP) is 4.73. The van der Waals surface area contributed by atoms with Gasteiger partial charge in [0, 0.05) is 16.6 Å². The van der Waals surface area contributed by atoms with Crippen LogP contribution >= 0.6 is 11.8 Å². The van der Waals surface area contributed by atoms with Crippen molar-refractivity contribution in [3.8, 4) is 5.75 Å². The zero-order valence-electron chi connectivity index (χ0n) is 11.8.